The Morgan fingerprint density at radius 1 is 1.04 bits per heavy atom. The van der Waals surface area contributed by atoms with Gasteiger partial charge in [0.25, 0.3) is 5.56 Å². The molecule has 3 aromatic rings. The van der Waals surface area contributed by atoms with Gasteiger partial charge < -0.3 is 5.73 Å². The fourth-order valence-electron chi connectivity index (χ4n) is 3.06. The molecule has 0 amide bonds. The second kappa shape index (κ2) is 8.04. The summed E-state index contributed by atoms with van der Waals surface area (Å²) in [5.41, 5.74) is 6.75. The number of hydrogen-bond acceptors (Lipinski definition) is 4. The maximum Gasteiger partial charge on any atom is 0.332 e. The molecule has 0 aliphatic carbocycles. The first-order valence-electron chi connectivity index (χ1n) is 9.08. The number of nitrogens with two attached hydrogens (primary N) is 1. The summed E-state index contributed by atoms with van der Waals surface area (Å²) in [5.74, 6) is -0.526. The van der Waals surface area contributed by atoms with Gasteiger partial charge >= 0.3 is 5.69 Å². The number of nitrogens with zero attached hydrogens (tertiary/aromatic N) is 3. The molecular weight excluding hydrogens is 356 g/mol. The fourth-order valence-corrected chi connectivity index (χ4v) is 3.06. The molecule has 0 radical (unpaired) electrons. The van der Waals surface area contributed by atoms with E-state index in [1.165, 1.54) is 4.57 Å². The molecule has 0 atom stereocenters. The molecule has 3 rings (SSSR count). The molecule has 0 saturated heterocycles. The Bertz CT molecular complexity index is 1110. The summed E-state index contributed by atoms with van der Waals surface area (Å²) in [7, 11) is 0. The maximum absolute atomic E-state index is 12.9. The van der Waals surface area contributed by atoms with E-state index in [2.05, 4.69) is 0 Å². The molecule has 1 aromatic carbocycles. The number of hydrogen-bond donors (Lipinski definition) is 1. The van der Waals surface area contributed by atoms with Crippen molar-refractivity contribution >= 4 is 11.6 Å². The topological polar surface area (TPSA) is 91.0 Å². The van der Waals surface area contributed by atoms with Crippen LogP contribution in [0.2, 0.25) is 0 Å². The molecular formula is C21H23N4O3+. The van der Waals surface area contributed by atoms with Gasteiger partial charge in [0.2, 0.25) is 12.3 Å². The van der Waals surface area contributed by atoms with Crippen LogP contribution in [0, 0.1) is 6.92 Å². The second-order valence-corrected chi connectivity index (χ2v) is 6.63. The van der Waals surface area contributed by atoms with Crippen molar-refractivity contribution in [3.8, 4) is 0 Å². The van der Waals surface area contributed by atoms with Crippen LogP contribution in [0.5, 0.6) is 0 Å². The zero-order valence-corrected chi connectivity index (χ0v) is 16.0. The normalized spacial score (nSPS) is 10.8. The van der Waals surface area contributed by atoms with Crippen molar-refractivity contribution in [2.24, 2.45) is 0 Å². The van der Waals surface area contributed by atoms with Crippen LogP contribution >= 0.6 is 0 Å². The van der Waals surface area contributed by atoms with Gasteiger partial charge in [0.1, 0.15) is 11.4 Å². The highest BCUT2D eigenvalue weighted by Crippen LogP contribution is 2.10. The van der Waals surface area contributed by atoms with E-state index in [0.717, 1.165) is 15.7 Å². The van der Waals surface area contributed by atoms with Crippen LogP contribution in [-0.4, -0.2) is 14.9 Å². The molecule has 28 heavy (non-hydrogen) atoms. The lowest BCUT2D eigenvalue weighted by atomic mass is 10.1. The van der Waals surface area contributed by atoms with Crippen LogP contribution < -0.4 is 21.5 Å². The summed E-state index contributed by atoms with van der Waals surface area (Å²) in [4.78, 5) is 38.4. The van der Waals surface area contributed by atoms with Crippen molar-refractivity contribution in [1.29, 1.82) is 0 Å². The largest absolute Gasteiger partial charge is 0.384 e. The quantitative estimate of drug-likeness (QED) is 0.514. The molecule has 7 heteroatoms. The number of aryl methyl sites for hydroxylation is 1. The van der Waals surface area contributed by atoms with E-state index < -0.39 is 17.0 Å². The van der Waals surface area contributed by atoms with E-state index in [-0.39, 0.29) is 31.0 Å². The number of carbonyl (C=O) groups excluding carboxylic acids is 1. The zero-order valence-electron chi connectivity index (χ0n) is 16.0. The van der Waals surface area contributed by atoms with Crippen molar-refractivity contribution in [2.45, 2.75) is 33.5 Å². The first-order chi connectivity index (χ1) is 13.4. The van der Waals surface area contributed by atoms with Crippen LogP contribution in [0.4, 0.5) is 5.82 Å². The number of rotatable bonds is 6. The Morgan fingerprint density at radius 2 is 1.68 bits per heavy atom. The van der Waals surface area contributed by atoms with Gasteiger partial charge in [-0.1, -0.05) is 30.3 Å². The summed E-state index contributed by atoms with van der Waals surface area (Å²) >= 11 is 0. The molecule has 0 unspecified atom stereocenters. The van der Waals surface area contributed by atoms with Crippen LogP contribution in [0.15, 0.2) is 64.4 Å². The van der Waals surface area contributed by atoms with Crippen molar-refractivity contribution in [3.05, 3.63) is 92.4 Å². The third-order valence-electron chi connectivity index (χ3n) is 4.63. The average molecular weight is 379 g/mol. The smallest absolute Gasteiger partial charge is 0.332 e. The standard InChI is InChI=1S/C21H22N4O3/c1-3-24-20(27)18(17(26)14-23-11-9-15(2)10-12-23)19(22)25(21(24)28)13-16-7-5-4-6-8-16/h4-12H,3,13-14H2,1-2H3,(H-,22,26,27)/p+1. The Morgan fingerprint density at radius 3 is 2.29 bits per heavy atom. The van der Waals surface area contributed by atoms with Gasteiger partial charge in [0.15, 0.2) is 12.4 Å². The zero-order chi connectivity index (χ0) is 20.3. The Hall–Kier alpha value is -3.48. The lowest BCUT2D eigenvalue weighted by molar-refractivity contribution is -0.683. The van der Waals surface area contributed by atoms with Crippen LogP contribution in [0.3, 0.4) is 0 Å². The summed E-state index contributed by atoms with van der Waals surface area (Å²) < 4.78 is 4.01. The summed E-state index contributed by atoms with van der Waals surface area (Å²) in [6.07, 6.45) is 3.53. The third-order valence-corrected chi connectivity index (χ3v) is 4.63. The van der Waals surface area contributed by atoms with Crippen LogP contribution in [0.1, 0.15) is 28.4 Å². The number of nitrogen functional groups attached to an aromatic ring is 1. The highest BCUT2D eigenvalue weighted by atomic mass is 16.2. The Balaban J connectivity index is 2.08. The van der Waals surface area contributed by atoms with Gasteiger partial charge in [-0.05, 0) is 25.0 Å². The monoisotopic (exact) mass is 379 g/mol. The highest BCUT2D eigenvalue weighted by molar-refractivity contribution is 5.98. The molecule has 0 saturated carbocycles. The van der Waals surface area contributed by atoms with Crippen LogP contribution in [0.25, 0.3) is 0 Å². The fraction of sp³-hybridized carbons (Fsp3) is 0.238. The molecule has 2 N–H and O–H groups in total. The summed E-state index contributed by atoms with van der Waals surface area (Å²) in [6.45, 7) is 3.94. The lowest BCUT2D eigenvalue weighted by Gasteiger charge is -2.15. The second-order valence-electron chi connectivity index (χ2n) is 6.63. The van der Waals surface area contributed by atoms with Gasteiger partial charge in [0, 0.05) is 18.7 Å². The first kappa shape index (κ1) is 19.3. The number of carbonyl (C=O) groups is 1. The summed E-state index contributed by atoms with van der Waals surface area (Å²) in [6, 6.07) is 13.0. The number of anilines is 1. The molecule has 0 spiro atoms. The minimum absolute atomic E-state index is 0.0347. The van der Waals surface area contributed by atoms with Crippen LogP contribution in [-0.2, 0) is 19.6 Å². The Labute approximate surface area is 162 Å². The molecule has 0 aliphatic rings. The van der Waals surface area contributed by atoms with E-state index >= 15 is 0 Å². The SMILES string of the molecule is CCn1c(=O)c(C(=O)C[n+]2ccc(C)cc2)c(N)n(Cc2ccccc2)c1=O. The van der Waals surface area contributed by atoms with Gasteiger partial charge in [-0.3, -0.25) is 18.7 Å². The van der Waals surface area contributed by atoms with E-state index in [9.17, 15) is 14.4 Å². The van der Waals surface area contributed by atoms with Gasteiger partial charge in [0.05, 0.1) is 6.54 Å². The van der Waals surface area contributed by atoms with E-state index in [1.54, 1.807) is 23.9 Å². The minimum atomic E-state index is -0.646. The molecule has 0 fully saturated rings. The highest BCUT2D eigenvalue weighted by Gasteiger charge is 2.24. The van der Waals surface area contributed by atoms with Crippen molar-refractivity contribution in [3.63, 3.8) is 0 Å². The van der Waals surface area contributed by atoms with E-state index in [1.807, 2.05) is 49.4 Å². The molecule has 2 heterocycles. The minimum Gasteiger partial charge on any atom is -0.384 e. The summed E-state index contributed by atoms with van der Waals surface area (Å²) in [5, 5.41) is 0. The number of pyridine rings is 1. The van der Waals surface area contributed by atoms with Crippen molar-refractivity contribution in [1.82, 2.24) is 9.13 Å². The molecule has 2 aromatic heterocycles. The van der Waals surface area contributed by atoms with Crippen molar-refractivity contribution < 1.29 is 9.36 Å². The predicted octanol–water partition coefficient (Wildman–Crippen LogP) is 1.14. The predicted molar refractivity (Wildman–Crippen MR) is 106 cm³/mol. The van der Waals surface area contributed by atoms with Gasteiger partial charge in [-0.15, -0.1) is 0 Å². The molecule has 7 nitrogen and oxygen atoms in total. The maximum atomic E-state index is 12.9. The van der Waals surface area contributed by atoms with Gasteiger partial charge in [-0.2, -0.15) is 4.57 Å². The van der Waals surface area contributed by atoms with E-state index in [4.69, 9.17) is 5.73 Å². The van der Waals surface area contributed by atoms with E-state index in [0.29, 0.717) is 0 Å². The number of Topliss-reactive ketones (excluding diaryl/α,β-unsaturated/α-hetero) is 1. The number of ketones is 1. The number of benzene rings is 1. The first-order valence-corrected chi connectivity index (χ1v) is 9.08. The lowest BCUT2D eigenvalue weighted by Crippen LogP contribution is -2.46. The number of aromatic nitrogens is 3. The molecule has 0 aliphatic heterocycles. The Kier molecular flexibility index (Phi) is 5.54. The van der Waals surface area contributed by atoms with Crippen molar-refractivity contribution in [2.75, 3.05) is 5.73 Å². The third kappa shape index (κ3) is 3.78. The molecule has 144 valence electrons. The molecule has 0 bridgehead atoms. The van der Waals surface area contributed by atoms with Gasteiger partial charge in [-0.25, -0.2) is 4.79 Å². The average Bonchev–Trinajstić information content (AvgIpc) is 2.68.